The fraction of sp³-hybridized carbons (Fsp3) is 0.385. The van der Waals surface area contributed by atoms with E-state index in [-0.39, 0.29) is 11.9 Å². The predicted molar refractivity (Wildman–Crippen MR) is 125 cm³/mol. The minimum atomic E-state index is -0.173. The summed E-state index contributed by atoms with van der Waals surface area (Å²) in [5.74, 6) is 1.16. The zero-order chi connectivity index (χ0) is 22.8. The zero-order valence-corrected chi connectivity index (χ0v) is 18.8. The van der Waals surface area contributed by atoms with Gasteiger partial charge in [-0.1, -0.05) is 25.5 Å². The molecular weight excluding hydrogens is 406 g/mol. The van der Waals surface area contributed by atoms with Gasteiger partial charge in [-0.25, -0.2) is 0 Å². The van der Waals surface area contributed by atoms with Gasteiger partial charge >= 0.3 is 5.97 Å². The van der Waals surface area contributed by atoms with Crippen LogP contribution in [0, 0.1) is 0 Å². The molecule has 0 spiro atoms. The molecule has 0 aliphatic rings. The van der Waals surface area contributed by atoms with Gasteiger partial charge in [0.05, 0.1) is 18.8 Å². The van der Waals surface area contributed by atoms with E-state index in [1.165, 1.54) is 0 Å². The molecular formula is C26H31NO5. The Morgan fingerprint density at radius 1 is 1.00 bits per heavy atom. The van der Waals surface area contributed by atoms with Gasteiger partial charge in [-0.2, -0.15) is 0 Å². The molecule has 6 nitrogen and oxygen atoms in total. The summed E-state index contributed by atoms with van der Waals surface area (Å²) in [6.45, 7) is 5.48. The molecule has 0 radical (unpaired) electrons. The molecule has 0 fully saturated rings. The SMILES string of the molecule is CCCCNC(=O)c1ccc2oc(-c3ccccc3OCCCCC(=O)OCC)cc2c1. The van der Waals surface area contributed by atoms with Crippen molar-refractivity contribution in [1.29, 1.82) is 0 Å². The lowest BCUT2D eigenvalue weighted by Gasteiger charge is -2.09. The molecule has 2 aromatic carbocycles. The number of carbonyl (C=O) groups is 2. The number of unbranched alkanes of at least 4 members (excludes halogenated alkanes) is 2. The number of para-hydroxylation sites is 1. The average Bonchev–Trinajstić information content (AvgIpc) is 3.22. The maximum absolute atomic E-state index is 12.4. The Kier molecular flexibility index (Phi) is 8.72. The molecule has 0 aliphatic heterocycles. The van der Waals surface area contributed by atoms with E-state index in [9.17, 15) is 9.59 Å². The number of hydrogen-bond donors (Lipinski definition) is 1. The van der Waals surface area contributed by atoms with Crippen LogP contribution in [0.2, 0.25) is 0 Å². The molecule has 0 saturated carbocycles. The number of fused-ring (bicyclic) bond motifs is 1. The first kappa shape index (κ1) is 23.4. The summed E-state index contributed by atoms with van der Waals surface area (Å²) >= 11 is 0. The largest absolute Gasteiger partial charge is 0.493 e. The van der Waals surface area contributed by atoms with Crippen molar-refractivity contribution in [3.63, 3.8) is 0 Å². The van der Waals surface area contributed by atoms with Gasteiger partial charge in [0.25, 0.3) is 5.91 Å². The smallest absolute Gasteiger partial charge is 0.305 e. The van der Waals surface area contributed by atoms with Crippen LogP contribution in [-0.2, 0) is 9.53 Å². The molecule has 0 unspecified atom stereocenters. The number of esters is 1. The number of ether oxygens (including phenoxy) is 2. The number of rotatable bonds is 12. The van der Waals surface area contributed by atoms with Crippen molar-refractivity contribution in [2.45, 2.75) is 46.0 Å². The average molecular weight is 438 g/mol. The fourth-order valence-corrected chi connectivity index (χ4v) is 3.38. The third-order valence-corrected chi connectivity index (χ3v) is 5.09. The number of carbonyl (C=O) groups excluding carboxylic acids is 2. The summed E-state index contributed by atoms with van der Waals surface area (Å²) in [6, 6.07) is 15.1. The molecule has 0 aliphatic carbocycles. The summed E-state index contributed by atoms with van der Waals surface area (Å²) in [6.07, 6.45) is 3.87. The van der Waals surface area contributed by atoms with Crippen molar-refractivity contribution < 1.29 is 23.5 Å². The minimum absolute atomic E-state index is 0.0744. The second-order valence-electron chi connectivity index (χ2n) is 7.58. The van der Waals surface area contributed by atoms with Gasteiger partial charge in [0.15, 0.2) is 0 Å². The lowest BCUT2D eigenvalue weighted by molar-refractivity contribution is -0.143. The van der Waals surface area contributed by atoms with Crippen molar-refractivity contribution in [2.75, 3.05) is 19.8 Å². The van der Waals surface area contributed by atoms with Crippen molar-refractivity contribution >= 4 is 22.8 Å². The molecule has 0 saturated heterocycles. The maximum atomic E-state index is 12.4. The zero-order valence-electron chi connectivity index (χ0n) is 18.8. The topological polar surface area (TPSA) is 77.8 Å². The highest BCUT2D eigenvalue weighted by atomic mass is 16.5. The number of nitrogens with one attached hydrogen (secondary N) is 1. The molecule has 0 bridgehead atoms. The molecule has 3 rings (SSSR count). The molecule has 32 heavy (non-hydrogen) atoms. The van der Waals surface area contributed by atoms with Crippen molar-refractivity contribution in [2.24, 2.45) is 0 Å². The summed E-state index contributed by atoms with van der Waals surface area (Å²) in [5.41, 5.74) is 2.18. The Morgan fingerprint density at radius 2 is 1.84 bits per heavy atom. The number of amides is 1. The minimum Gasteiger partial charge on any atom is -0.493 e. The Labute approximate surface area is 188 Å². The third kappa shape index (κ3) is 6.36. The third-order valence-electron chi connectivity index (χ3n) is 5.09. The van der Waals surface area contributed by atoms with Crippen LogP contribution < -0.4 is 10.1 Å². The fourth-order valence-electron chi connectivity index (χ4n) is 3.38. The van der Waals surface area contributed by atoms with Gasteiger partial charge in [-0.05, 0) is 62.6 Å². The van der Waals surface area contributed by atoms with Crippen LogP contribution in [0.25, 0.3) is 22.3 Å². The summed E-state index contributed by atoms with van der Waals surface area (Å²) in [5, 5.41) is 3.81. The molecule has 1 heterocycles. The van der Waals surface area contributed by atoms with Gasteiger partial charge in [0, 0.05) is 23.9 Å². The van der Waals surface area contributed by atoms with Crippen molar-refractivity contribution in [3.8, 4) is 17.1 Å². The highest BCUT2D eigenvalue weighted by Gasteiger charge is 2.13. The van der Waals surface area contributed by atoms with Gasteiger partial charge in [0.2, 0.25) is 0 Å². The second-order valence-corrected chi connectivity index (χ2v) is 7.58. The molecule has 1 aromatic heterocycles. The molecule has 170 valence electrons. The van der Waals surface area contributed by atoms with Gasteiger partial charge in [-0.15, -0.1) is 0 Å². The second kappa shape index (κ2) is 11.9. The van der Waals surface area contributed by atoms with Gasteiger partial charge in [-0.3, -0.25) is 9.59 Å². The van der Waals surface area contributed by atoms with Crippen LogP contribution in [0.4, 0.5) is 0 Å². The van der Waals surface area contributed by atoms with Crippen LogP contribution in [0.1, 0.15) is 56.3 Å². The van der Waals surface area contributed by atoms with E-state index in [0.29, 0.717) is 49.5 Å². The quantitative estimate of drug-likeness (QED) is 0.289. The number of hydrogen-bond acceptors (Lipinski definition) is 5. The Morgan fingerprint density at radius 3 is 2.66 bits per heavy atom. The van der Waals surface area contributed by atoms with Crippen LogP contribution in [0.5, 0.6) is 5.75 Å². The Balaban J connectivity index is 1.66. The van der Waals surface area contributed by atoms with E-state index < -0.39 is 0 Å². The molecule has 3 aromatic rings. The van der Waals surface area contributed by atoms with E-state index >= 15 is 0 Å². The van der Waals surface area contributed by atoms with E-state index in [0.717, 1.165) is 36.0 Å². The molecule has 1 N–H and O–H groups in total. The van der Waals surface area contributed by atoms with Gasteiger partial charge < -0.3 is 19.2 Å². The summed E-state index contributed by atoms with van der Waals surface area (Å²) in [7, 11) is 0. The number of furan rings is 1. The first-order valence-electron chi connectivity index (χ1n) is 11.3. The van der Waals surface area contributed by atoms with Crippen LogP contribution in [0.15, 0.2) is 52.9 Å². The van der Waals surface area contributed by atoms with Gasteiger partial charge in [0.1, 0.15) is 17.1 Å². The van der Waals surface area contributed by atoms with Crippen LogP contribution in [-0.4, -0.2) is 31.6 Å². The highest BCUT2D eigenvalue weighted by molar-refractivity contribution is 5.98. The van der Waals surface area contributed by atoms with Crippen molar-refractivity contribution in [3.05, 3.63) is 54.1 Å². The highest BCUT2D eigenvalue weighted by Crippen LogP contribution is 2.34. The molecule has 1 amide bonds. The monoisotopic (exact) mass is 437 g/mol. The van der Waals surface area contributed by atoms with E-state index in [4.69, 9.17) is 13.9 Å². The van der Waals surface area contributed by atoms with E-state index in [1.807, 2.05) is 42.5 Å². The number of benzene rings is 2. The first-order chi connectivity index (χ1) is 15.6. The summed E-state index contributed by atoms with van der Waals surface area (Å²) < 4.78 is 17.0. The summed E-state index contributed by atoms with van der Waals surface area (Å²) in [4.78, 5) is 23.8. The molecule has 6 heteroatoms. The predicted octanol–water partition coefficient (Wildman–Crippen LogP) is 5.74. The lowest BCUT2D eigenvalue weighted by atomic mass is 10.1. The Hall–Kier alpha value is -3.28. The first-order valence-corrected chi connectivity index (χ1v) is 11.3. The van der Waals surface area contributed by atoms with Crippen molar-refractivity contribution in [1.82, 2.24) is 5.32 Å². The standard InChI is InChI=1S/C26H31NO5/c1-3-5-15-27-26(29)19-13-14-22-20(17-19)18-24(32-22)21-10-6-7-11-23(21)31-16-9-8-12-25(28)30-4-2/h6-7,10-11,13-14,17-18H,3-5,8-9,12,15-16H2,1-2H3,(H,27,29). The Bertz CT molecular complexity index is 1040. The van der Waals surface area contributed by atoms with Crippen LogP contribution in [0.3, 0.4) is 0 Å². The van der Waals surface area contributed by atoms with E-state index in [2.05, 4.69) is 12.2 Å². The van der Waals surface area contributed by atoms with E-state index in [1.54, 1.807) is 13.0 Å². The molecule has 0 atom stereocenters. The van der Waals surface area contributed by atoms with Crippen LogP contribution >= 0.6 is 0 Å². The maximum Gasteiger partial charge on any atom is 0.305 e. The normalized spacial score (nSPS) is 10.8. The lowest BCUT2D eigenvalue weighted by Crippen LogP contribution is -2.24.